The van der Waals surface area contributed by atoms with E-state index in [2.05, 4.69) is 0 Å². The van der Waals surface area contributed by atoms with Crippen LogP contribution in [0.15, 0.2) is 68.8 Å². The highest BCUT2D eigenvalue weighted by molar-refractivity contribution is 7.95. The molecule has 0 aliphatic carbocycles. The first kappa shape index (κ1) is 20.3. The summed E-state index contributed by atoms with van der Waals surface area (Å²) in [7, 11) is -4.01. The molecular formula is C20H13ClN2O5S. The van der Waals surface area contributed by atoms with Crippen LogP contribution < -0.4 is 0 Å². The highest BCUT2D eigenvalue weighted by Crippen LogP contribution is 2.33. The van der Waals surface area contributed by atoms with Crippen LogP contribution in [0.4, 0.5) is 5.69 Å². The molecule has 0 fully saturated rings. The second-order valence-electron chi connectivity index (χ2n) is 6.06. The molecule has 9 heteroatoms. The molecule has 0 spiro atoms. The second-order valence-corrected chi connectivity index (χ2v) is 8.39. The van der Waals surface area contributed by atoms with Crippen LogP contribution in [0.25, 0.3) is 17.4 Å². The molecule has 0 saturated heterocycles. The Morgan fingerprint density at radius 3 is 2.45 bits per heavy atom. The maximum atomic E-state index is 12.7. The Hall–Kier alpha value is -3.41. The molecule has 0 aliphatic heterocycles. The fourth-order valence-electron chi connectivity index (χ4n) is 2.54. The summed E-state index contributed by atoms with van der Waals surface area (Å²) in [6.45, 7) is 1.82. The van der Waals surface area contributed by atoms with Crippen molar-refractivity contribution in [3.8, 4) is 17.4 Å². The highest BCUT2D eigenvalue weighted by Gasteiger charge is 2.21. The third kappa shape index (κ3) is 4.21. The lowest BCUT2D eigenvalue weighted by molar-refractivity contribution is -0.384. The van der Waals surface area contributed by atoms with Gasteiger partial charge in [-0.05, 0) is 37.3 Å². The highest BCUT2D eigenvalue weighted by atomic mass is 35.5. The lowest BCUT2D eigenvalue weighted by Crippen LogP contribution is -2.03. The molecule has 3 rings (SSSR count). The molecule has 0 bridgehead atoms. The Labute approximate surface area is 171 Å². The van der Waals surface area contributed by atoms with Crippen LogP contribution in [0.2, 0.25) is 5.02 Å². The van der Waals surface area contributed by atoms with Crippen LogP contribution >= 0.6 is 11.6 Å². The summed E-state index contributed by atoms with van der Waals surface area (Å²) in [4.78, 5) is 9.77. The standard InChI is InChI=1S/C20H13ClN2O5S/c1-13-2-6-16(7-3-13)29(26,27)17(12-22)11-15-5-9-20(28-15)18-8-4-14(23(24)25)10-19(18)21/h2-11H,1H3/b17-11+. The molecule has 0 saturated carbocycles. The van der Waals surface area contributed by atoms with Crippen molar-refractivity contribution in [2.75, 3.05) is 0 Å². The number of nitrogens with zero attached hydrogens (tertiary/aromatic N) is 2. The molecule has 0 atom stereocenters. The van der Waals surface area contributed by atoms with Crippen LogP contribution in [-0.2, 0) is 9.84 Å². The van der Waals surface area contributed by atoms with E-state index in [0.717, 1.165) is 11.6 Å². The number of non-ortho nitro benzene ring substituents is 1. The number of hydrogen-bond acceptors (Lipinski definition) is 6. The van der Waals surface area contributed by atoms with Gasteiger partial charge in [0.15, 0.2) is 4.91 Å². The second kappa shape index (κ2) is 7.91. The van der Waals surface area contributed by atoms with Gasteiger partial charge in [0.1, 0.15) is 17.6 Å². The number of halogens is 1. The molecular weight excluding hydrogens is 416 g/mol. The van der Waals surface area contributed by atoms with E-state index in [9.17, 15) is 23.8 Å². The van der Waals surface area contributed by atoms with Crippen LogP contribution in [0, 0.1) is 28.4 Å². The number of nitro groups is 1. The maximum absolute atomic E-state index is 12.7. The van der Waals surface area contributed by atoms with Gasteiger partial charge in [0.05, 0.1) is 14.8 Å². The zero-order chi connectivity index (χ0) is 21.2. The fraction of sp³-hybridized carbons (Fsp3) is 0.0500. The Morgan fingerprint density at radius 1 is 1.17 bits per heavy atom. The fourth-order valence-corrected chi connectivity index (χ4v) is 3.94. The number of benzene rings is 2. The summed E-state index contributed by atoms with van der Waals surface area (Å²) in [5, 5.41) is 20.3. The van der Waals surface area contributed by atoms with Gasteiger partial charge in [0.25, 0.3) is 5.69 Å². The maximum Gasteiger partial charge on any atom is 0.270 e. The minimum atomic E-state index is -4.01. The summed E-state index contributed by atoms with van der Waals surface area (Å²) < 4.78 is 31.0. The molecule has 2 aromatic carbocycles. The van der Waals surface area contributed by atoms with E-state index in [1.807, 2.05) is 6.92 Å². The Morgan fingerprint density at radius 2 is 1.86 bits per heavy atom. The van der Waals surface area contributed by atoms with Gasteiger partial charge in [-0.3, -0.25) is 10.1 Å². The first-order valence-corrected chi connectivity index (χ1v) is 10.1. The topological polar surface area (TPSA) is 114 Å². The number of nitro benzene ring substituents is 1. The van der Waals surface area contributed by atoms with Crippen LogP contribution in [0.1, 0.15) is 11.3 Å². The SMILES string of the molecule is Cc1ccc(S(=O)(=O)/C(C#N)=C/c2ccc(-c3ccc([N+](=O)[O-])cc3Cl)o2)cc1. The first-order valence-electron chi connectivity index (χ1n) is 8.20. The molecule has 1 heterocycles. The van der Waals surface area contributed by atoms with E-state index in [4.69, 9.17) is 16.0 Å². The van der Waals surface area contributed by atoms with Gasteiger partial charge in [0.2, 0.25) is 9.84 Å². The number of hydrogen-bond donors (Lipinski definition) is 0. The van der Waals surface area contributed by atoms with E-state index < -0.39 is 19.7 Å². The van der Waals surface area contributed by atoms with E-state index in [-0.39, 0.29) is 27.1 Å². The van der Waals surface area contributed by atoms with Gasteiger partial charge < -0.3 is 4.42 Å². The normalized spacial score (nSPS) is 11.8. The first-order chi connectivity index (χ1) is 13.7. The van der Waals surface area contributed by atoms with Crippen LogP contribution in [0.3, 0.4) is 0 Å². The Kier molecular flexibility index (Phi) is 5.55. The molecule has 0 amide bonds. The molecule has 3 aromatic rings. The number of allylic oxidation sites excluding steroid dienone is 1. The van der Waals surface area contributed by atoms with Gasteiger partial charge in [-0.1, -0.05) is 29.3 Å². The summed E-state index contributed by atoms with van der Waals surface area (Å²) in [6.07, 6.45) is 1.12. The zero-order valence-electron chi connectivity index (χ0n) is 15.0. The summed E-state index contributed by atoms with van der Waals surface area (Å²) >= 11 is 6.09. The van der Waals surface area contributed by atoms with Crippen molar-refractivity contribution in [2.24, 2.45) is 0 Å². The smallest absolute Gasteiger partial charge is 0.270 e. The van der Waals surface area contributed by atoms with Crippen molar-refractivity contribution in [1.29, 1.82) is 5.26 Å². The van der Waals surface area contributed by atoms with Crippen LogP contribution in [-0.4, -0.2) is 13.3 Å². The average Bonchev–Trinajstić information content (AvgIpc) is 3.14. The minimum Gasteiger partial charge on any atom is -0.457 e. The van der Waals surface area contributed by atoms with Crippen molar-refractivity contribution in [3.63, 3.8) is 0 Å². The Bertz CT molecular complexity index is 1270. The quantitative estimate of drug-likeness (QED) is 0.315. The average molecular weight is 429 g/mol. The van der Waals surface area contributed by atoms with E-state index in [1.54, 1.807) is 18.2 Å². The van der Waals surface area contributed by atoms with Gasteiger partial charge >= 0.3 is 0 Å². The summed E-state index contributed by atoms with van der Waals surface area (Å²) in [6, 6.07) is 14.8. The number of sulfone groups is 1. The van der Waals surface area contributed by atoms with Crippen molar-refractivity contribution in [1.82, 2.24) is 0 Å². The summed E-state index contributed by atoms with van der Waals surface area (Å²) in [5.41, 5.74) is 1.13. The molecule has 0 N–H and O–H groups in total. The number of nitriles is 1. The predicted molar refractivity (Wildman–Crippen MR) is 108 cm³/mol. The van der Waals surface area contributed by atoms with Crippen molar-refractivity contribution in [3.05, 3.63) is 86.0 Å². The molecule has 146 valence electrons. The molecule has 7 nitrogen and oxygen atoms in total. The molecule has 29 heavy (non-hydrogen) atoms. The molecule has 0 aliphatic rings. The summed E-state index contributed by atoms with van der Waals surface area (Å²) in [5.74, 6) is 0.405. The Balaban J connectivity index is 1.97. The minimum absolute atomic E-state index is 0.00101. The van der Waals surface area contributed by atoms with Crippen molar-refractivity contribution < 1.29 is 17.8 Å². The van der Waals surface area contributed by atoms with E-state index >= 15 is 0 Å². The van der Waals surface area contributed by atoms with E-state index in [1.165, 1.54) is 42.5 Å². The number of rotatable bonds is 5. The third-order valence-electron chi connectivity index (χ3n) is 4.06. The molecule has 0 unspecified atom stereocenters. The van der Waals surface area contributed by atoms with Crippen LogP contribution in [0.5, 0.6) is 0 Å². The molecule has 0 radical (unpaired) electrons. The van der Waals surface area contributed by atoms with E-state index in [0.29, 0.717) is 5.56 Å². The number of aryl methyl sites for hydroxylation is 1. The van der Waals surface area contributed by atoms with Gasteiger partial charge in [-0.25, -0.2) is 8.42 Å². The van der Waals surface area contributed by atoms with Gasteiger partial charge in [-0.2, -0.15) is 5.26 Å². The van der Waals surface area contributed by atoms with Gasteiger partial charge in [-0.15, -0.1) is 0 Å². The monoisotopic (exact) mass is 428 g/mol. The largest absolute Gasteiger partial charge is 0.457 e. The van der Waals surface area contributed by atoms with Crippen molar-refractivity contribution in [2.45, 2.75) is 11.8 Å². The molecule has 1 aromatic heterocycles. The number of furan rings is 1. The zero-order valence-corrected chi connectivity index (χ0v) is 16.6. The van der Waals surface area contributed by atoms with Crippen molar-refractivity contribution >= 4 is 33.2 Å². The third-order valence-corrected chi connectivity index (χ3v) is 6.05. The lowest BCUT2D eigenvalue weighted by atomic mass is 10.1. The predicted octanol–water partition coefficient (Wildman–Crippen LogP) is 5.16. The van der Waals surface area contributed by atoms with Gasteiger partial charge in [0, 0.05) is 23.8 Å². The lowest BCUT2D eigenvalue weighted by Gasteiger charge is -2.03.